The summed E-state index contributed by atoms with van der Waals surface area (Å²) in [6.07, 6.45) is 3.26. The van der Waals surface area contributed by atoms with Gasteiger partial charge in [0.2, 0.25) is 0 Å². The van der Waals surface area contributed by atoms with E-state index < -0.39 is 6.23 Å². The Kier molecular flexibility index (Phi) is 7.35. The first-order valence-electron chi connectivity index (χ1n) is 9.70. The number of phenolic OH excluding ortho intramolecular Hbond substituents is 2. The SMILES string of the molecule is OCC1CCCN1c1cc(O)ccc1Cl.Oc1ccc(Cl)c(N2CCCC2O)c1. The van der Waals surface area contributed by atoms with Crippen molar-refractivity contribution in [2.45, 2.75) is 38.0 Å². The molecule has 2 aromatic carbocycles. The van der Waals surface area contributed by atoms with Crippen LogP contribution in [0.1, 0.15) is 25.7 Å². The molecule has 4 rings (SSSR count). The number of nitrogens with zero attached hydrogens (tertiary/aromatic N) is 2. The van der Waals surface area contributed by atoms with Crippen LogP contribution in [0.3, 0.4) is 0 Å². The highest BCUT2D eigenvalue weighted by Gasteiger charge is 2.26. The highest BCUT2D eigenvalue weighted by molar-refractivity contribution is 6.33. The number of hydrogen-bond acceptors (Lipinski definition) is 6. The van der Waals surface area contributed by atoms with Crippen LogP contribution in [0, 0.1) is 0 Å². The van der Waals surface area contributed by atoms with E-state index in [4.69, 9.17) is 23.2 Å². The summed E-state index contributed by atoms with van der Waals surface area (Å²) in [5.41, 5.74) is 1.52. The fourth-order valence-electron chi connectivity index (χ4n) is 3.82. The number of anilines is 2. The van der Waals surface area contributed by atoms with Crippen molar-refractivity contribution in [3.8, 4) is 11.5 Å². The summed E-state index contributed by atoms with van der Waals surface area (Å²) in [4.78, 5) is 3.87. The monoisotopic (exact) mass is 440 g/mol. The second-order valence-corrected chi connectivity index (χ2v) is 8.07. The molecule has 0 radical (unpaired) electrons. The van der Waals surface area contributed by atoms with Gasteiger partial charge in [0.25, 0.3) is 0 Å². The lowest BCUT2D eigenvalue weighted by atomic mass is 10.2. The van der Waals surface area contributed by atoms with Gasteiger partial charge in [-0.05, 0) is 49.9 Å². The summed E-state index contributed by atoms with van der Waals surface area (Å²) in [6, 6.07) is 9.78. The fraction of sp³-hybridized carbons (Fsp3) is 0.429. The van der Waals surface area contributed by atoms with Gasteiger partial charge in [-0.3, -0.25) is 0 Å². The van der Waals surface area contributed by atoms with Gasteiger partial charge in [-0.2, -0.15) is 0 Å². The highest BCUT2D eigenvalue weighted by atomic mass is 35.5. The van der Waals surface area contributed by atoms with Crippen LogP contribution in [0.2, 0.25) is 10.0 Å². The van der Waals surface area contributed by atoms with Crippen molar-refractivity contribution < 1.29 is 20.4 Å². The maximum Gasteiger partial charge on any atom is 0.127 e. The predicted molar refractivity (Wildman–Crippen MR) is 116 cm³/mol. The lowest BCUT2D eigenvalue weighted by Crippen LogP contribution is -2.32. The molecule has 2 aromatic rings. The molecule has 2 atom stereocenters. The van der Waals surface area contributed by atoms with E-state index >= 15 is 0 Å². The minimum absolute atomic E-state index is 0.129. The molecule has 6 nitrogen and oxygen atoms in total. The number of aromatic hydroxyl groups is 2. The molecule has 0 aromatic heterocycles. The van der Waals surface area contributed by atoms with E-state index in [1.165, 1.54) is 6.07 Å². The van der Waals surface area contributed by atoms with E-state index in [2.05, 4.69) is 4.90 Å². The number of phenols is 2. The standard InChI is InChI=1S/C11H14ClNO2.C10H12ClNO2/c12-10-4-3-9(15)6-11(10)13-5-1-2-8(13)7-14;11-8-4-3-7(13)6-9(8)12-5-1-2-10(12)14/h3-4,6,8,14-15H,1-2,5,7H2;3-4,6,10,13-14H,1-2,5H2. The van der Waals surface area contributed by atoms with Crippen LogP contribution in [0.15, 0.2) is 36.4 Å². The molecule has 0 amide bonds. The Hall–Kier alpha value is -1.86. The Bertz CT molecular complexity index is 836. The molecule has 2 heterocycles. The van der Waals surface area contributed by atoms with Gasteiger partial charge < -0.3 is 30.2 Å². The smallest absolute Gasteiger partial charge is 0.127 e. The fourth-order valence-corrected chi connectivity index (χ4v) is 4.27. The molecule has 8 heteroatoms. The van der Waals surface area contributed by atoms with E-state index in [0.717, 1.165) is 44.5 Å². The molecule has 0 saturated carbocycles. The number of aliphatic hydroxyl groups is 2. The van der Waals surface area contributed by atoms with E-state index in [-0.39, 0.29) is 24.1 Å². The number of aliphatic hydroxyl groups excluding tert-OH is 2. The zero-order chi connectivity index (χ0) is 21.0. The molecule has 0 spiro atoms. The Morgan fingerprint density at radius 1 is 0.828 bits per heavy atom. The van der Waals surface area contributed by atoms with Gasteiger partial charge in [-0.25, -0.2) is 0 Å². The van der Waals surface area contributed by atoms with E-state index in [9.17, 15) is 20.4 Å². The maximum atomic E-state index is 9.64. The average Bonchev–Trinajstić information content (AvgIpc) is 3.35. The molecule has 158 valence electrons. The molecular formula is C21H26Cl2N2O4. The number of halogens is 2. The first-order valence-corrected chi connectivity index (χ1v) is 10.5. The third-order valence-corrected chi connectivity index (χ3v) is 5.93. The van der Waals surface area contributed by atoms with Gasteiger partial charge in [0.15, 0.2) is 0 Å². The van der Waals surface area contributed by atoms with Crippen molar-refractivity contribution in [2.24, 2.45) is 0 Å². The second-order valence-electron chi connectivity index (χ2n) is 7.26. The minimum atomic E-state index is -0.478. The van der Waals surface area contributed by atoms with Crippen molar-refractivity contribution in [1.29, 1.82) is 0 Å². The molecular weight excluding hydrogens is 415 g/mol. The molecule has 4 N–H and O–H groups in total. The van der Waals surface area contributed by atoms with Gasteiger partial charge in [-0.15, -0.1) is 0 Å². The Morgan fingerprint density at radius 2 is 1.34 bits per heavy atom. The summed E-state index contributed by atoms with van der Waals surface area (Å²) >= 11 is 12.0. The lowest BCUT2D eigenvalue weighted by molar-refractivity contribution is 0.185. The van der Waals surface area contributed by atoms with E-state index in [0.29, 0.717) is 15.7 Å². The zero-order valence-electron chi connectivity index (χ0n) is 16.0. The molecule has 2 fully saturated rings. The van der Waals surface area contributed by atoms with Crippen LogP contribution >= 0.6 is 23.2 Å². The van der Waals surface area contributed by atoms with Crippen LogP contribution in [-0.4, -0.2) is 52.4 Å². The van der Waals surface area contributed by atoms with Crippen LogP contribution in [0.5, 0.6) is 11.5 Å². The van der Waals surface area contributed by atoms with Gasteiger partial charge in [0.05, 0.1) is 34.1 Å². The first-order chi connectivity index (χ1) is 13.9. The Labute approximate surface area is 180 Å². The van der Waals surface area contributed by atoms with Gasteiger partial charge in [-0.1, -0.05) is 23.2 Å². The normalized spacial score (nSPS) is 21.2. The minimum Gasteiger partial charge on any atom is -0.508 e. The largest absolute Gasteiger partial charge is 0.508 e. The van der Waals surface area contributed by atoms with Gasteiger partial charge in [0.1, 0.15) is 17.7 Å². The van der Waals surface area contributed by atoms with E-state index in [1.807, 2.05) is 4.90 Å². The molecule has 29 heavy (non-hydrogen) atoms. The Balaban J connectivity index is 0.000000166. The molecule has 2 aliphatic heterocycles. The molecule has 2 saturated heterocycles. The van der Waals surface area contributed by atoms with E-state index in [1.54, 1.807) is 30.3 Å². The molecule has 2 aliphatic rings. The quantitative estimate of drug-likeness (QED) is 0.577. The summed E-state index contributed by atoms with van der Waals surface area (Å²) < 4.78 is 0. The summed E-state index contributed by atoms with van der Waals surface area (Å²) in [5.74, 6) is 0.376. The van der Waals surface area contributed by atoms with Crippen molar-refractivity contribution in [3.05, 3.63) is 46.4 Å². The molecule has 2 unspecified atom stereocenters. The molecule has 0 bridgehead atoms. The molecule has 0 aliphatic carbocycles. The third-order valence-electron chi connectivity index (χ3n) is 5.29. The first kappa shape index (κ1) is 21.8. The van der Waals surface area contributed by atoms with Crippen molar-refractivity contribution in [3.63, 3.8) is 0 Å². The van der Waals surface area contributed by atoms with Crippen LogP contribution < -0.4 is 9.80 Å². The predicted octanol–water partition coefficient (Wildman–Crippen LogP) is 3.97. The Morgan fingerprint density at radius 3 is 1.86 bits per heavy atom. The third kappa shape index (κ3) is 5.20. The van der Waals surface area contributed by atoms with Crippen LogP contribution in [0.25, 0.3) is 0 Å². The van der Waals surface area contributed by atoms with Gasteiger partial charge >= 0.3 is 0 Å². The van der Waals surface area contributed by atoms with Crippen molar-refractivity contribution >= 4 is 34.6 Å². The second kappa shape index (κ2) is 9.76. The summed E-state index contributed by atoms with van der Waals surface area (Å²) in [7, 11) is 0. The summed E-state index contributed by atoms with van der Waals surface area (Å²) in [5, 5.41) is 38.8. The number of benzene rings is 2. The average molecular weight is 441 g/mol. The van der Waals surface area contributed by atoms with Crippen molar-refractivity contribution in [2.75, 3.05) is 29.5 Å². The maximum absolute atomic E-state index is 9.64. The summed E-state index contributed by atoms with van der Waals surface area (Å²) in [6.45, 7) is 1.80. The number of hydrogen-bond donors (Lipinski definition) is 4. The van der Waals surface area contributed by atoms with Crippen LogP contribution in [-0.2, 0) is 0 Å². The highest BCUT2D eigenvalue weighted by Crippen LogP contribution is 2.35. The number of rotatable bonds is 3. The van der Waals surface area contributed by atoms with Gasteiger partial charge in [0, 0.05) is 25.2 Å². The lowest BCUT2D eigenvalue weighted by Gasteiger charge is -2.26. The van der Waals surface area contributed by atoms with Crippen molar-refractivity contribution in [1.82, 2.24) is 0 Å². The zero-order valence-corrected chi connectivity index (χ0v) is 17.5. The van der Waals surface area contributed by atoms with Crippen LogP contribution in [0.4, 0.5) is 11.4 Å². The topological polar surface area (TPSA) is 87.4 Å².